The zero-order valence-corrected chi connectivity index (χ0v) is 16.0. The van der Waals surface area contributed by atoms with Gasteiger partial charge in [-0.3, -0.25) is 14.6 Å². The second-order valence-electron chi connectivity index (χ2n) is 5.95. The number of aromatic nitrogens is 1. The van der Waals surface area contributed by atoms with Crippen LogP contribution in [0.15, 0.2) is 53.7 Å². The van der Waals surface area contributed by atoms with Gasteiger partial charge >= 0.3 is 0 Å². The molecule has 0 fully saturated rings. The second kappa shape index (κ2) is 9.90. The van der Waals surface area contributed by atoms with E-state index < -0.39 is 32.7 Å². The molecule has 2 rings (SSSR count). The van der Waals surface area contributed by atoms with Gasteiger partial charge in [0.1, 0.15) is 10.7 Å². The smallest absolute Gasteiger partial charge is 0.244 e. The monoisotopic (exact) mass is 408 g/mol. The van der Waals surface area contributed by atoms with Crippen LogP contribution in [-0.2, 0) is 26.2 Å². The van der Waals surface area contributed by atoms with Crippen molar-refractivity contribution in [2.24, 2.45) is 0 Å². The minimum Gasteiger partial charge on any atom is -0.354 e. The van der Waals surface area contributed by atoms with Crippen LogP contribution in [0.5, 0.6) is 0 Å². The highest BCUT2D eigenvalue weighted by molar-refractivity contribution is 7.89. The number of amides is 2. The van der Waals surface area contributed by atoms with E-state index in [9.17, 15) is 22.4 Å². The van der Waals surface area contributed by atoms with Crippen LogP contribution in [0, 0.1) is 5.82 Å². The summed E-state index contributed by atoms with van der Waals surface area (Å²) in [7, 11) is -4.19. The number of pyridine rings is 1. The molecular formula is C18H21FN4O4S. The molecule has 0 saturated carbocycles. The van der Waals surface area contributed by atoms with Crippen LogP contribution in [-0.4, -0.2) is 37.8 Å². The lowest BCUT2D eigenvalue weighted by Gasteiger charge is -2.14. The summed E-state index contributed by atoms with van der Waals surface area (Å²) in [6.07, 6.45) is 3.26. The number of benzene rings is 1. The first-order chi connectivity index (χ1) is 13.3. The Labute approximate surface area is 162 Å². The molecule has 2 aromatic rings. The minimum absolute atomic E-state index is 0.0314. The Morgan fingerprint density at radius 3 is 2.46 bits per heavy atom. The topological polar surface area (TPSA) is 117 Å². The normalized spacial score (nSPS) is 12.2. The molecule has 0 bridgehead atoms. The van der Waals surface area contributed by atoms with E-state index in [2.05, 4.69) is 20.3 Å². The summed E-state index contributed by atoms with van der Waals surface area (Å²) < 4.78 is 40.1. The first kappa shape index (κ1) is 21.5. The molecule has 0 unspecified atom stereocenters. The highest BCUT2D eigenvalue weighted by Crippen LogP contribution is 2.13. The first-order valence-corrected chi connectivity index (χ1v) is 9.98. The predicted molar refractivity (Wildman–Crippen MR) is 99.9 cm³/mol. The van der Waals surface area contributed by atoms with Crippen molar-refractivity contribution in [3.05, 3.63) is 60.2 Å². The molecular weight excluding hydrogens is 387 g/mol. The standard InChI is InChI=1S/C18H21FN4O4S/c1-13(23-28(26,27)16-5-3-2-4-15(16)19)18(25)21-11-8-17(24)22-12-14-6-9-20-10-7-14/h2-7,9-10,13,23H,8,11-12H2,1H3,(H,21,25)(H,22,24)/t13-/m0/s1. The third kappa shape index (κ3) is 6.39. The van der Waals surface area contributed by atoms with Crippen LogP contribution >= 0.6 is 0 Å². The summed E-state index contributed by atoms with van der Waals surface area (Å²) in [6.45, 7) is 1.71. The van der Waals surface area contributed by atoms with Gasteiger partial charge in [-0.25, -0.2) is 12.8 Å². The molecule has 1 atom stereocenters. The summed E-state index contributed by atoms with van der Waals surface area (Å²) in [5.41, 5.74) is 0.892. The van der Waals surface area contributed by atoms with Crippen LogP contribution in [0.2, 0.25) is 0 Å². The average Bonchev–Trinajstić information content (AvgIpc) is 2.67. The number of hydrogen-bond acceptors (Lipinski definition) is 5. The Kier molecular flexibility index (Phi) is 7.59. The van der Waals surface area contributed by atoms with Crippen LogP contribution in [0.4, 0.5) is 4.39 Å². The van der Waals surface area contributed by atoms with Gasteiger partial charge in [0.15, 0.2) is 0 Å². The van der Waals surface area contributed by atoms with Crippen molar-refractivity contribution in [1.82, 2.24) is 20.3 Å². The molecule has 1 heterocycles. The Hall–Kier alpha value is -2.85. The van der Waals surface area contributed by atoms with Crippen molar-refractivity contribution in [3.63, 3.8) is 0 Å². The van der Waals surface area contributed by atoms with Crippen LogP contribution < -0.4 is 15.4 Å². The molecule has 10 heteroatoms. The Balaban J connectivity index is 1.76. The Morgan fingerprint density at radius 2 is 1.79 bits per heavy atom. The molecule has 0 saturated heterocycles. The van der Waals surface area contributed by atoms with Crippen molar-refractivity contribution in [1.29, 1.82) is 0 Å². The molecule has 1 aromatic carbocycles. The number of rotatable bonds is 9. The fourth-order valence-electron chi connectivity index (χ4n) is 2.25. The summed E-state index contributed by atoms with van der Waals surface area (Å²) in [6, 6.07) is 7.28. The third-order valence-electron chi connectivity index (χ3n) is 3.74. The van der Waals surface area contributed by atoms with Crippen molar-refractivity contribution >= 4 is 21.8 Å². The lowest BCUT2D eigenvalue weighted by atomic mass is 10.2. The molecule has 150 valence electrons. The number of hydrogen-bond donors (Lipinski definition) is 3. The number of sulfonamides is 1. The zero-order valence-electron chi connectivity index (χ0n) is 15.2. The first-order valence-electron chi connectivity index (χ1n) is 8.50. The fraction of sp³-hybridized carbons (Fsp3) is 0.278. The van der Waals surface area contributed by atoms with Gasteiger partial charge in [-0.2, -0.15) is 4.72 Å². The van der Waals surface area contributed by atoms with Crippen LogP contribution in [0.3, 0.4) is 0 Å². The number of nitrogens with one attached hydrogen (secondary N) is 3. The highest BCUT2D eigenvalue weighted by atomic mass is 32.2. The van der Waals surface area contributed by atoms with E-state index in [1.54, 1.807) is 24.5 Å². The maximum absolute atomic E-state index is 13.7. The van der Waals surface area contributed by atoms with Crippen molar-refractivity contribution in [3.8, 4) is 0 Å². The van der Waals surface area contributed by atoms with E-state index in [-0.39, 0.29) is 18.9 Å². The van der Waals surface area contributed by atoms with Gasteiger partial charge in [-0.1, -0.05) is 12.1 Å². The van der Waals surface area contributed by atoms with E-state index in [0.717, 1.165) is 17.7 Å². The lowest BCUT2D eigenvalue weighted by Crippen LogP contribution is -2.45. The molecule has 8 nitrogen and oxygen atoms in total. The highest BCUT2D eigenvalue weighted by Gasteiger charge is 2.24. The summed E-state index contributed by atoms with van der Waals surface area (Å²) in [4.78, 5) is 27.2. The zero-order chi connectivity index (χ0) is 20.6. The van der Waals surface area contributed by atoms with Gasteiger partial charge in [-0.05, 0) is 36.8 Å². The second-order valence-corrected chi connectivity index (χ2v) is 7.63. The lowest BCUT2D eigenvalue weighted by molar-refractivity contribution is -0.123. The van der Waals surface area contributed by atoms with Crippen molar-refractivity contribution in [2.75, 3.05) is 6.54 Å². The summed E-state index contributed by atoms with van der Waals surface area (Å²) >= 11 is 0. The Bertz CT molecular complexity index is 922. The predicted octanol–water partition coefficient (Wildman–Crippen LogP) is 0.710. The van der Waals surface area contributed by atoms with E-state index >= 15 is 0 Å². The van der Waals surface area contributed by atoms with Crippen LogP contribution in [0.25, 0.3) is 0 Å². The van der Waals surface area contributed by atoms with Gasteiger partial charge in [0.25, 0.3) is 0 Å². The van der Waals surface area contributed by atoms with Gasteiger partial charge in [0, 0.05) is 31.9 Å². The fourth-order valence-corrected chi connectivity index (χ4v) is 3.54. The van der Waals surface area contributed by atoms with Gasteiger partial charge in [-0.15, -0.1) is 0 Å². The maximum Gasteiger partial charge on any atom is 0.244 e. The average molecular weight is 408 g/mol. The van der Waals surface area contributed by atoms with Crippen molar-refractivity contribution in [2.45, 2.75) is 30.8 Å². The molecule has 1 aromatic heterocycles. The minimum atomic E-state index is -4.19. The van der Waals surface area contributed by atoms with E-state index in [1.165, 1.54) is 19.1 Å². The van der Waals surface area contributed by atoms with Gasteiger partial charge in [0.05, 0.1) is 6.04 Å². The third-order valence-corrected chi connectivity index (χ3v) is 5.32. The Morgan fingerprint density at radius 1 is 1.11 bits per heavy atom. The van der Waals surface area contributed by atoms with E-state index in [1.807, 2.05) is 0 Å². The molecule has 0 aliphatic rings. The molecule has 3 N–H and O–H groups in total. The van der Waals surface area contributed by atoms with Gasteiger partial charge in [0.2, 0.25) is 21.8 Å². The van der Waals surface area contributed by atoms with Gasteiger partial charge < -0.3 is 10.6 Å². The number of halogens is 1. The molecule has 2 amide bonds. The number of nitrogens with zero attached hydrogens (tertiary/aromatic N) is 1. The maximum atomic E-state index is 13.7. The SMILES string of the molecule is C[C@H](NS(=O)(=O)c1ccccc1F)C(=O)NCCC(=O)NCc1ccncc1. The van der Waals surface area contributed by atoms with Crippen LogP contribution in [0.1, 0.15) is 18.9 Å². The number of carbonyl (C=O) groups excluding carboxylic acids is 2. The van der Waals surface area contributed by atoms with E-state index in [0.29, 0.717) is 6.54 Å². The van der Waals surface area contributed by atoms with Crippen molar-refractivity contribution < 1.29 is 22.4 Å². The largest absolute Gasteiger partial charge is 0.354 e. The quantitative estimate of drug-likeness (QED) is 0.565. The molecule has 0 radical (unpaired) electrons. The summed E-state index contributed by atoms with van der Waals surface area (Å²) in [5.74, 6) is -1.80. The molecule has 0 aliphatic heterocycles. The molecule has 28 heavy (non-hydrogen) atoms. The summed E-state index contributed by atoms with van der Waals surface area (Å²) in [5, 5.41) is 5.17. The molecule has 0 spiro atoms. The van der Waals surface area contributed by atoms with E-state index in [4.69, 9.17) is 0 Å². The molecule has 0 aliphatic carbocycles. The number of carbonyl (C=O) groups is 2.